The molecule has 0 amide bonds. The van der Waals surface area contributed by atoms with E-state index in [0.717, 1.165) is 18.0 Å². The number of hydrogen-bond donors (Lipinski definition) is 1. The van der Waals surface area contributed by atoms with Crippen molar-refractivity contribution in [2.24, 2.45) is 0 Å². The van der Waals surface area contributed by atoms with Crippen molar-refractivity contribution in [1.29, 1.82) is 0 Å². The van der Waals surface area contributed by atoms with E-state index < -0.39 is 12.0 Å². The van der Waals surface area contributed by atoms with Gasteiger partial charge in [-0.05, 0) is 12.5 Å². The van der Waals surface area contributed by atoms with E-state index in [4.69, 9.17) is 0 Å². The highest BCUT2D eigenvalue weighted by Crippen LogP contribution is 2.33. The molecule has 4 aromatic rings. The van der Waals surface area contributed by atoms with Gasteiger partial charge in [-0.2, -0.15) is 15.3 Å². The van der Waals surface area contributed by atoms with E-state index in [1.54, 1.807) is 48.6 Å². The first-order valence-corrected chi connectivity index (χ1v) is 8.23. The number of H-pyrrole nitrogens is 1. The maximum Gasteiger partial charge on any atom is 0.267 e. The Morgan fingerprint density at radius 3 is 2.73 bits per heavy atom. The van der Waals surface area contributed by atoms with Crippen LogP contribution in [0.4, 0.5) is 8.78 Å². The van der Waals surface area contributed by atoms with Gasteiger partial charge in [0.1, 0.15) is 6.04 Å². The fraction of sp³-hybridized carbons (Fsp3) is 0.294. The Kier molecular flexibility index (Phi) is 3.78. The summed E-state index contributed by atoms with van der Waals surface area (Å²) in [5.41, 5.74) is 3.53. The van der Waals surface area contributed by atoms with E-state index in [1.807, 2.05) is 6.07 Å². The summed E-state index contributed by atoms with van der Waals surface area (Å²) >= 11 is 0. The third kappa shape index (κ3) is 2.75. The molecule has 0 spiro atoms. The van der Waals surface area contributed by atoms with Crippen LogP contribution in [-0.2, 0) is 0 Å². The fourth-order valence-electron chi connectivity index (χ4n) is 3.08. The summed E-state index contributed by atoms with van der Waals surface area (Å²) in [6, 6.07) is 0.819. The van der Waals surface area contributed by atoms with Crippen LogP contribution >= 0.6 is 0 Å². The van der Waals surface area contributed by atoms with Crippen molar-refractivity contribution in [2.75, 3.05) is 0 Å². The summed E-state index contributed by atoms with van der Waals surface area (Å²) in [5.74, 6) is -2.87. The van der Waals surface area contributed by atoms with Gasteiger partial charge in [0, 0.05) is 30.4 Å². The van der Waals surface area contributed by atoms with Crippen LogP contribution in [0.5, 0.6) is 0 Å². The first-order chi connectivity index (χ1) is 12.5. The molecule has 0 saturated carbocycles. The molecule has 1 unspecified atom stereocenters. The zero-order chi connectivity index (χ0) is 18.3. The molecular weight excluding hydrogens is 340 g/mol. The molecule has 0 bridgehead atoms. The molecule has 4 rings (SSSR count). The van der Waals surface area contributed by atoms with Gasteiger partial charge in [-0.25, -0.2) is 18.3 Å². The molecule has 1 atom stereocenters. The van der Waals surface area contributed by atoms with Crippen LogP contribution in [0.25, 0.3) is 28.0 Å². The Hall–Kier alpha value is -3.10. The molecule has 26 heavy (non-hydrogen) atoms. The zero-order valence-corrected chi connectivity index (χ0v) is 14.3. The predicted octanol–water partition coefficient (Wildman–Crippen LogP) is 3.59. The number of aromatic amines is 1. The van der Waals surface area contributed by atoms with Crippen LogP contribution in [-0.4, -0.2) is 40.5 Å². The molecular formula is C17H17F2N7. The SMILES string of the molecule is CCC(n1cc(-c2nc(-c3cn[nH]c3)cn3nccc23)cn1)C(C)(F)F. The maximum atomic E-state index is 13.8. The van der Waals surface area contributed by atoms with E-state index >= 15 is 0 Å². The number of halogens is 2. The Balaban J connectivity index is 1.83. The average Bonchev–Trinajstić information content (AvgIpc) is 3.34. The van der Waals surface area contributed by atoms with Crippen LogP contribution in [0.2, 0.25) is 0 Å². The first-order valence-electron chi connectivity index (χ1n) is 8.23. The third-order valence-corrected chi connectivity index (χ3v) is 4.35. The molecule has 134 valence electrons. The van der Waals surface area contributed by atoms with E-state index in [1.165, 1.54) is 4.68 Å². The zero-order valence-electron chi connectivity index (χ0n) is 14.3. The van der Waals surface area contributed by atoms with Gasteiger partial charge < -0.3 is 0 Å². The van der Waals surface area contributed by atoms with Gasteiger partial charge >= 0.3 is 0 Å². The van der Waals surface area contributed by atoms with Crippen LogP contribution in [0.3, 0.4) is 0 Å². The second-order valence-electron chi connectivity index (χ2n) is 6.21. The van der Waals surface area contributed by atoms with Gasteiger partial charge in [0.25, 0.3) is 5.92 Å². The largest absolute Gasteiger partial charge is 0.285 e. The quantitative estimate of drug-likeness (QED) is 0.592. The topological polar surface area (TPSA) is 76.7 Å². The molecule has 7 nitrogen and oxygen atoms in total. The van der Waals surface area contributed by atoms with Crippen LogP contribution in [0.1, 0.15) is 26.3 Å². The summed E-state index contributed by atoms with van der Waals surface area (Å²) in [4.78, 5) is 4.68. The molecule has 0 aromatic carbocycles. The van der Waals surface area contributed by atoms with Crippen molar-refractivity contribution in [3.63, 3.8) is 0 Å². The predicted molar refractivity (Wildman–Crippen MR) is 91.7 cm³/mol. The second-order valence-corrected chi connectivity index (χ2v) is 6.21. The maximum absolute atomic E-state index is 13.8. The van der Waals surface area contributed by atoms with Crippen LogP contribution in [0, 0.1) is 0 Å². The lowest BCUT2D eigenvalue weighted by Gasteiger charge is -2.22. The second kappa shape index (κ2) is 6.01. The third-order valence-electron chi connectivity index (χ3n) is 4.35. The molecule has 0 aliphatic carbocycles. The van der Waals surface area contributed by atoms with E-state index in [0.29, 0.717) is 17.0 Å². The highest BCUT2D eigenvalue weighted by molar-refractivity contribution is 5.78. The van der Waals surface area contributed by atoms with Gasteiger partial charge in [-0.15, -0.1) is 0 Å². The number of aromatic nitrogens is 7. The molecule has 4 aromatic heterocycles. The van der Waals surface area contributed by atoms with Gasteiger partial charge in [-0.3, -0.25) is 9.78 Å². The Morgan fingerprint density at radius 2 is 2.04 bits per heavy atom. The van der Waals surface area contributed by atoms with Gasteiger partial charge in [0.05, 0.1) is 41.7 Å². The van der Waals surface area contributed by atoms with Crippen molar-refractivity contribution in [2.45, 2.75) is 32.2 Å². The summed E-state index contributed by atoms with van der Waals surface area (Å²) < 4.78 is 30.7. The number of fused-ring (bicyclic) bond motifs is 1. The smallest absolute Gasteiger partial charge is 0.267 e. The van der Waals surface area contributed by atoms with Gasteiger partial charge in [0.2, 0.25) is 0 Å². The van der Waals surface area contributed by atoms with Crippen molar-refractivity contribution in [3.05, 3.63) is 43.2 Å². The van der Waals surface area contributed by atoms with Crippen molar-refractivity contribution in [1.82, 2.24) is 34.6 Å². The van der Waals surface area contributed by atoms with E-state index in [2.05, 4.69) is 25.4 Å². The van der Waals surface area contributed by atoms with Gasteiger partial charge in [-0.1, -0.05) is 6.92 Å². The van der Waals surface area contributed by atoms with Crippen molar-refractivity contribution >= 4 is 5.52 Å². The summed E-state index contributed by atoms with van der Waals surface area (Å²) in [6.45, 7) is 2.63. The Bertz CT molecular complexity index is 1030. The lowest BCUT2D eigenvalue weighted by atomic mass is 10.1. The highest BCUT2D eigenvalue weighted by Gasteiger charge is 2.34. The van der Waals surface area contributed by atoms with E-state index in [9.17, 15) is 8.78 Å². The summed E-state index contributed by atoms with van der Waals surface area (Å²) in [6.07, 6.45) is 10.3. The normalized spacial score (nSPS) is 13.4. The molecule has 9 heteroatoms. The Morgan fingerprint density at radius 1 is 1.19 bits per heavy atom. The summed E-state index contributed by atoms with van der Waals surface area (Å²) in [7, 11) is 0. The van der Waals surface area contributed by atoms with Gasteiger partial charge in [0.15, 0.2) is 0 Å². The molecule has 0 saturated heterocycles. The minimum absolute atomic E-state index is 0.273. The monoisotopic (exact) mass is 357 g/mol. The number of nitrogens with zero attached hydrogens (tertiary/aromatic N) is 6. The number of nitrogens with one attached hydrogen (secondary N) is 1. The molecule has 0 aliphatic rings. The molecule has 0 radical (unpaired) electrons. The fourth-order valence-corrected chi connectivity index (χ4v) is 3.08. The molecule has 0 fully saturated rings. The van der Waals surface area contributed by atoms with Crippen LogP contribution < -0.4 is 0 Å². The number of alkyl halides is 2. The minimum atomic E-state index is -2.87. The minimum Gasteiger partial charge on any atom is -0.285 e. The first kappa shape index (κ1) is 16.4. The molecule has 1 N–H and O–H groups in total. The van der Waals surface area contributed by atoms with Crippen LogP contribution in [0.15, 0.2) is 43.2 Å². The van der Waals surface area contributed by atoms with E-state index in [-0.39, 0.29) is 6.42 Å². The number of hydrogen-bond acceptors (Lipinski definition) is 4. The van der Waals surface area contributed by atoms with Crippen molar-refractivity contribution in [3.8, 4) is 22.5 Å². The summed E-state index contributed by atoms with van der Waals surface area (Å²) in [5, 5.41) is 15.1. The average molecular weight is 357 g/mol. The number of rotatable bonds is 5. The standard InChI is InChI=1S/C17H17F2N7/c1-3-15(17(2,18)19)26-9-12(8-23-26)16-14-4-5-22-25(14)10-13(24-16)11-6-20-21-7-11/h4-10,15H,3H2,1-2H3,(H,20,21). The lowest BCUT2D eigenvalue weighted by molar-refractivity contribution is -0.0384. The highest BCUT2D eigenvalue weighted by atomic mass is 19.3. The molecule has 4 heterocycles. The Labute approximate surface area is 147 Å². The van der Waals surface area contributed by atoms with Crippen molar-refractivity contribution < 1.29 is 8.78 Å². The molecule has 0 aliphatic heterocycles. The lowest BCUT2D eigenvalue weighted by Crippen LogP contribution is -2.27.